The van der Waals surface area contributed by atoms with Gasteiger partial charge in [-0.05, 0) is 55.0 Å². The molecule has 9 heteroatoms. The van der Waals surface area contributed by atoms with E-state index in [0.29, 0.717) is 3.95 Å². The fraction of sp³-hybridized carbons (Fsp3) is 0.214. The topological polar surface area (TPSA) is 44.2 Å². The number of carbonyl (C=O) groups excluding carboxylic acids is 1. The first-order valence-corrected chi connectivity index (χ1v) is 13.1. The molecular weight excluding hydrogens is 502 g/mol. The Kier molecular flexibility index (Phi) is 6.43. The molecule has 3 aromatic carbocycles. The summed E-state index contributed by atoms with van der Waals surface area (Å²) in [5, 5.41) is 1.91. The second-order valence-corrected chi connectivity index (χ2v) is 10.9. The van der Waals surface area contributed by atoms with Crippen LogP contribution >= 0.6 is 23.6 Å². The molecular formula is C28H29N5O2S2. The lowest BCUT2D eigenvalue weighted by Gasteiger charge is -2.38. The molecule has 1 amide bonds. The highest BCUT2D eigenvalue weighted by molar-refractivity contribution is 7.73. The Morgan fingerprint density at radius 2 is 1.59 bits per heavy atom. The Morgan fingerprint density at radius 1 is 0.892 bits per heavy atom. The Hall–Kier alpha value is -3.82. The van der Waals surface area contributed by atoms with Crippen LogP contribution in [0.25, 0.3) is 11.3 Å². The van der Waals surface area contributed by atoms with Gasteiger partial charge in [-0.2, -0.15) is 0 Å². The average Bonchev–Trinajstić information content (AvgIpc) is 3.23. The number of thiazole rings is 1. The monoisotopic (exact) mass is 531 g/mol. The Bertz CT molecular complexity index is 1540. The molecule has 4 aromatic rings. The number of aromatic nitrogens is 1. The van der Waals surface area contributed by atoms with Crippen molar-refractivity contribution < 1.29 is 9.63 Å². The minimum Gasteiger partial charge on any atom is -0.378 e. The third kappa shape index (κ3) is 4.34. The largest absolute Gasteiger partial charge is 0.443 e. The van der Waals surface area contributed by atoms with E-state index >= 15 is 0 Å². The number of rotatable bonds is 4. The summed E-state index contributed by atoms with van der Waals surface area (Å²) in [6.07, 6.45) is -0.531. The summed E-state index contributed by atoms with van der Waals surface area (Å²) in [6, 6.07) is 20.0. The standard InChI is InChI=1S/C28H29N5O2S2/c1-18-14-25-24(16-22(18)30(4)5)31(6)23-15-20(29(2)3)12-13-21(23)32(25)27(34)35-33-26(17-37-28(33)36)19-10-8-7-9-11-19/h7-17H,1-6H3. The van der Waals surface area contributed by atoms with E-state index in [0.717, 1.165) is 50.9 Å². The van der Waals surface area contributed by atoms with Crippen LogP contribution in [0.2, 0.25) is 0 Å². The molecule has 1 aliphatic rings. The molecule has 5 rings (SSSR count). The SMILES string of the molecule is Cc1cc2c(cc1N(C)C)N(C)c1cc(N(C)C)ccc1N2C(=O)On1c(-c2ccccc2)csc1=S. The van der Waals surface area contributed by atoms with Crippen LogP contribution in [-0.4, -0.2) is 46.1 Å². The second kappa shape index (κ2) is 9.57. The van der Waals surface area contributed by atoms with Crippen molar-refractivity contribution in [3.8, 4) is 11.3 Å². The first kappa shape index (κ1) is 24.9. The van der Waals surface area contributed by atoms with Crippen LogP contribution in [0, 0.1) is 10.9 Å². The fourth-order valence-corrected chi connectivity index (χ4v) is 5.56. The number of anilines is 6. The molecule has 0 aliphatic carbocycles. The van der Waals surface area contributed by atoms with Crippen molar-refractivity contribution in [2.45, 2.75) is 6.92 Å². The van der Waals surface area contributed by atoms with E-state index in [9.17, 15) is 4.79 Å². The quantitative estimate of drug-likeness (QED) is 0.268. The molecule has 0 unspecified atom stereocenters. The third-order valence-electron chi connectivity index (χ3n) is 6.53. The zero-order valence-electron chi connectivity index (χ0n) is 21.7. The van der Waals surface area contributed by atoms with Gasteiger partial charge in [0.1, 0.15) is 5.69 Å². The molecule has 0 atom stereocenters. The first-order valence-electron chi connectivity index (χ1n) is 11.8. The maximum atomic E-state index is 14.0. The highest BCUT2D eigenvalue weighted by Crippen LogP contribution is 2.50. The Labute approximate surface area is 226 Å². The van der Waals surface area contributed by atoms with Crippen molar-refractivity contribution in [3.63, 3.8) is 0 Å². The summed E-state index contributed by atoms with van der Waals surface area (Å²) < 4.78 is 1.91. The van der Waals surface area contributed by atoms with Crippen LogP contribution in [0.1, 0.15) is 5.56 Å². The van der Waals surface area contributed by atoms with Gasteiger partial charge < -0.3 is 19.5 Å². The number of fused-ring (bicyclic) bond motifs is 2. The molecule has 1 aliphatic heterocycles. The summed E-state index contributed by atoms with van der Waals surface area (Å²) in [7, 11) is 10.1. The number of hydrogen-bond acceptors (Lipinski definition) is 7. The predicted molar refractivity (Wildman–Crippen MR) is 157 cm³/mol. The van der Waals surface area contributed by atoms with Crippen LogP contribution < -0.4 is 24.4 Å². The Morgan fingerprint density at radius 3 is 2.27 bits per heavy atom. The molecule has 0 fully saturated rings. The van der Waals surface area contributed by atoms with Gasteiger partial charge in [0.2, 0.25) is 0 Å². The zero-order chi connectivity index (χ0) is 26.4. The second-order valence-electron chi connectivity index (χ2n) is 9.39. The highest BCUT2D eigenvalue weighted by Gasteiger charge is 2.34. The number of aryl methyl sites for hydroxylation is 1. The van der Waals surface area contributed by atoms with E-state index in [-0.39, 0.29) is 0 Å². The highest BCUT2D eigenvalue weighted by atomic mass is 32.1. The average molecular weight is 532 g/mol. The molecule has 0 N–H and O–H groups in total. The number of carbonyl (C=O) groups is 1. The molecule has 0 saturated heterocycles. The third-order valence-corrected chi connectivity index (χ3v) is 7.70. The van der Waals surface area contributed by atoms with E-state index in [1.54, 1.807) is 4.90 Å². The minimum atomic E-state index is -0.531. The van der Waals surface area contributed by atoms with Crippen molar-refractivity contribution in [1.29, 1.82) is 0 Å². The minimum absolute atomic E-state index is 0.462. The van der Waals surface area contributed by atoms with Gasteiger partial charge in [0.25, 0.3) is 0 Å². The van der Waals surface area contributed by atoms with Crippen molar-refractivity contribution >= 4 is 63.8 Å². The van der Waals surface area contributed by atoms with Crippen LogP contribution in [-0.2, 0) is 0 Å². The molecule has 0 radical (unpaired) electrons. The maximum absolute atomic E-state index is 14.0. The Balaban J connectivity index is 1.65. The number of nitrogens with zero attached hydrogens (tertiary/aromatic N) is 5. The molecule has 7 nitrogen and oxygen atoms in total. The maximum Gasteiger partial charge on any atom is 0.443 e. The zero-order valence-corrected chi connectivity index (χ0v) is 23.4. The van der Waals surface area contributed by atoms with E-state index in [2.05, 4.69) is 21.9 Å². The van der Waals surface area contributed by atoms with E-state index in [1.165, 1.54) is 16.1 Å². The smallest absolute Gasteiger partial charge is 0.378 e. The molecule has 2 heterocycles. The number of amides is 1. The molecule has 37 heavy (non-hydrogen) atoms. The van der Waals surface area contributed by atoms with E-state index in [4.69, 9.17) is 17.1 Å². The molecule has 0 saturated carbocycles. The molecule has 0 bridgehead atoms. The van der Waals surface area contributed by atoms with Crippen molar-refractivity contribution in [1.82, 2.24) is 4.73 Å². The first-order chi connectivity index (χ1) is 17.7. The molecule has 190 valence electrons. The molecule has 1 aromatic heterocycles. The molecule has 0 spiro atoms. The van der Waals surface area contributed by atoms with Crippen molar-refractivity contribution in [3.05, 3.63) is 75.6 Å². The van der Waals surface area contributed by atoms with Gasteiger partial charge in [0.05, 0.1) is 22.7 Å². The summed E-state index contributed by atoms with van der Waals surface area (Å²) in [6.45, 7) is 2.05. The lowest BCUT2D eigenvalue weighted by Crippen LogP contribution is -2.38. The van der Waals surface area contributed by atoms with Crippen LogP contribution in [0.5, 0.6) is 0 Å². The van der Waals surface area contributed by atoms with Gasteiger partial charge in [0.15, 0.2) is 3.95 Å². The van der Waals surface area contributed by atoms with Gasteiger partial charge in [-0.15, -0.1) is 16.1 Å². The van der Waals surface area contributed by atoms with Gasteiger partial charge in [-0.3, -0.25) is 0 Å². The summed E-state index contributed by atoms with van der Waals surface area (Å²) >= 11 is 6.91. The fourth-order valence-electron chi connectivity index (χ4n) is 4.60. The number of hydrogen-bond donors (Lipinski definition) is 0. The summed E-state index contributed by atoms with van der Waals surface area (Å²) in [5.74, 6) is 0. The van der Waals surface area contributed by atoms with Crippen LogP contribution in [0.4, 0.5) is 38.9 Å². The predicted octanol–water partition coefficient (Wildman–Crippen LogP) is 6.85. The van der Waals surface area contributed by atoms with Gasteiger partial charge in [0, 0.05) is 57.6 Å². The number of benzene rings is 3. The van der Waals surface area contributed by atoms with E-state index in [1.807, 2.05) is 101 Å². The van der Waals surface area contributed by atoms with E-state index < -0.39 is 6.09 Å². The summed E-state index contributed by atoms with van der Waals surface area (Å²) in [4.78, 5) is 27.9. The van der Waals surface area contributed by atoms with Gasteiger partial charge >= 0.3 is 6.09 Å². The van der Waals surface area contributed by atoms with Crippen molar-refractivity contribution in [2.24, 2.45) is 0 Å². The lowest BCUT2D eigenvalue weighted by molar-refractivity contribution is 0.144. The summed E-state index contributed by atoms with van der Waals surface area (Å²) in [5.41, 5.74) is 8.14. The lowest BCUT2D eigenvalue weighted by atomic mass is 10.0. The van der Waals surface area contributed by atoms with Gasteiger partial charge in [-0.25, -0.2) is 9.69 Å². The van der Waals surface area contributed by atoms with Crippen molar-refractivity contribution in [2.75, 3.05) is 54.8 Å². The normalized spacial score (nSPS) is 12.2. The van der Waals surface area contributed by atoms with Gasteiger partial charge in [-0.1, -0.05) is 30.3 Å². The van der Waals surface area contributed by atoms with Crippen LogP contribution in [0.15, 0.2) is 66.0 Å². The van der Waals surface area contributed by atoms with Crippen LogP contribution in [0.3, 0.4) is 0 Å².